The van der Waals surface area contributed by atoms with Crippen LogP contribution < -0.4 is 10.1 Å². The van der Waals surface area contributed by atoms with Crippen LogP contribution in [0.1, 0.15) is 62.9 Å². The summed E-state index contributed by atoms with van der Waals surface area (Å²) < 4.78 is 5.88. The topological polar surface area (TPSA) is 38.3 Å². The molecule has 0 saturated heterocycles. The Morgan fingerprint density at radius 3 is 2.19 bits per heavy atom. The maximum absolute atomic E-state index is 12.5. The van der Waals surface area contributed by atoms with Gasteiger partial charge in [0.05, 0.1) is 6.04 Å². The Morgan fingerprint density at radius 2 is 1.62 bits per heavy atom. The van der Waals surface area contributed by atoms with Crippen molar-refractivity contribution < 1.29 is 9.53 Å². The van der Waals surface area contributed by atoms with Crippen molar-refractivity contribution in [2.24, 2.45) is 0 Å². The van der Waals surface area contributed by atoms with Crippen LogP contribution >= 0.6 is 0 Å². The van der Waals surface area contributed by atoms with Crippen LogP contribution in [-0.4, -0.2) is 12.0 Å². The highest BCUT2D eigenvalue weighted by Gasteiger charge is 2.19. The number of rotatable bonds is 5. The number of ether oxygens (including phenoxy) is 1. The Bertz CT molecular complexity index is 757. The molecule has 26 heavy (non-hydrogen) atoms. The van der Waals surface area contributed by atoms with Gasteiger partial charge in [-0.3, -0.25) is 4.79 Å². The van der Waals surface area contributed by atoms with Crippen LogP contribution in [0.5, 0.6) is 5.75 Å². The van der Waals surface area contributed by atoms with Crippen LogP contribution in [0.15, 0.2) is 42.5 Å². The van der Waals surface area contributed by atoms with Crippen molar-refractivity contribution in [1.29, 1.82) is 0 Å². The third kappa shape index (κ3) is 4.87. The lowest BCUT2D eigenvalue weighted by atomic mass is 9.86. The van der Waals surface area contributed by atoms with Gasteiger partial charge in [-0.15, -0.1) is 0 Å². The fourth-order valence-corrected chi connectivity index (χ4v) is 2.78. The Balaban J connectivity index is 2.00. The summed E-state index contributed by atoms with van der Waals surface area (Å²) in [6, 6.07) is 14.3. The van der Waals surface area contributed by atoms with Crippen molar-refractivity contribution in [3.63, 3.8) is 0 Å². The summed E-state index contributed by atoms with van der Waals surface area (Å²) in [6.07, 6.45) is -0.549. The molecule has 0 bridgehead atoms. The molecular weight excluding hydrogens is 322 g/mol. The van der Waals surface area contributed by atoms with E-state index in [0.717, 1.165) is 22.4 Å². The minimum Gasteiger partial charge on any atom is -0.481 e. The SMILES string of the molecule is Cc1cccc(O[C@H](C)C(=O)N[C@@H](C)c2ccc(C(C)(C)C)cc2)c1C. The zero-order chi connectivity index (χ0) is 19.5. The molecule has 2 aromatic carbocycles. The minimum atomic E-state index is -0.549. The van der Waals surface area contributed by atoms with Crippen molar-refractivity contribution in [3.8, 4) is 5.75 Å². The average molecular weight is 354 g/mol. The smallest absolute Gasteiger partial charge is 0.261 e. The van der Waals surface area contributed by atoms with Gasteiger partial charge in [-0.1, -0.05) is 57.2 Å². The van der Waals surface area contributed by atoms with E-state index >= 15 is 0 Å². The largest absolute Gasteiger partial charge is 0.481 e. The van der Waals surface area contributed by atoms with Crippen LogP contribution in [0.2, 0.25) is 0 Å². The quantitative estimate of drug-likeness (QED) is 0.798. The second-order valence-electron chi connectivity index (χ2n) is 8.06. The molecule has 0 heterocycles. The monoisotopic (exact) mass is 353 g/mol. The summed E-state index contributed by atoms with van der Waals surface area (Å²) in [5.41, 5.74) is 4.72. The summed E-state index contributed by atoms with van der Waals surface area (Å²) in [7, 11) is 0. The summed E-state index contributed by atoms with van der Waals surface area (Å²) in [4.78, 5) is 12.5. The first-order valence-corrected chi connectivity index (χ1v) is 9.23. The lowest BCUT2D eigenvalue weighted by Gasteiger charge is -2.22. The zero-order valence-corrected chi connectivity index (χ0v) is 17.0. The third-order valence-corrected chi connectivity index (χ3v) is 4.86. The van der Waals surface area contributed by atoms with Crippen LogP contribution in [0.4, 0.5) is 0 Å². The van der Waals surface area contributed by atoms with Crippen molar-refractivity contribution in [2.75, 3.05) is 0 Å². The molecule has 2 rings (SSSR count). The first kappa shape index (κ1) is 20.0. The molecule has 0 spiro atoms. The predicted octanol–water partition coefficient (Wildman–Crippen LogP) is 5.25. The number of hydrogen-bond acceptors (Lipinski definition) is 2. The molecule has 0 saturated carbocycles. The maximum atomic E-state index is 12.5. The first-order valence-electron chi connectivity index (χ1n) is 9.23. The predicted molar refractivity (Wildman–Crippen MR) is 108 cm³/mol. The molecule has 2 aromatic rings. The Morgan fingerprint density at radius 1 is 1.00 bits per heavy atom. The number of hydrogen-bond donors (Lipinski definition) is 1. The second-order valence-corrected chi connectivity index (χ2v) is 8.06. The number of aryl methyl sites for hydroxylation is 1. The molecule has 0 fully saturated rings. The molecule has 0 radical (unpaired) electrons. The fraction of sp³-hybridized carbons (Fsp3) is 0.435. The van der Waals surface area contributed by atoms with Crippen LogP contribution in [0.3, 0.4) is 0 Å². The van der Waals surface area contributed by atoms with E-state index in [9.17, 15) is 4.79 Å². The zero-order valence-electron chi connectivity index (χ0n) is 17.0. The molecule has 1 N–H and O–H groups in total. The van der Waals surface area contributed by atoms with Gasteiger partial charge in [0.15, 0.2) is 6.10 Å². The van der Waals surface area contributed by atoms with Crippen LogP contribution in [0.25, 0.3) is 0 Å². The van der Waals surface area contributed by atoms with Crippen molar-refractivity contribution in [2.45, 2.75) is 66.0 Å². The summed E-state index contributed by atoms with van der Waals surface area (Å²) in [5.74, 6) is 0.646. The molecule has 0 aliphatic carbocycles. The molecule has 0 aromatic heterocycles. The minimum absolute atomic E-state index is 0.0684. The Labute approximate surface area is 157 Å². The Kier molecular flexibility index (Phi) is 6.12. The van der Waals surface area contributed by atoms with E-state index in [1.807, 2.05) is 39.0 Å². The van der Waals surface area contributed by atoms with Crippen LogP contribution in [-0.2, 0) is 10.2 Å². The normalized spacial score (nSPS) is 13.8. The molecule has 3 heteroatoms. The van der Waals surface area contributed by atoms with Gasteiger partial charge in [0.1, 0.15) is 5.75 Å². The van der Waals surface area contributed by atoms with Gasteiger partial charge < -0.3 is 10.1 Å². The summed E-state index contributed by atoms with van der Waals surface area (Å²) in [5, 5.41) is 3.04. The molecule has 2 atom stereocenters. The molecule has 140 valence electrons. The van der Waals surface area contributed by atoms with Gasteiger partial charge in [-0.05, 0) is 61.4 Å². The number of carbonyl (C=O) groups is 1. The molecule has 0 aliphatic heterocycles. The highest BCUT2D eigenvalue weighted by atomic mass is 16.5. The molecule has 0 unspecified atom stereocenters. The fourth-order valence-electron chi connectivity index (χ4n) is 2.78. The van der Waals surface area contributed by atoms with Crippen molar-refractivity contribution >= 4 is 5.91 Å². The van der Waals surface area contributed by atoms with Gasteiger partial charge in [0.2, 0.25) is 0 Å². The maximum Gasteiger partial charge on any atom is 0.261 e. The molecular formula is C23H31NO2. The number of benzene rings is 2. The standard InChI is InChI=1S/C23H31NO2/c1-15-9-8-10-21(16(15)2)26-18(4)22(25)24-17(3)19-11-13-20(14-12-19)23(5,6)7/h8-14,17-18H,1-7H3,(H,24,25)/t17-,18+/m0/s1. The number of nitrogens with one attached hydrogen (secondary N) is 1. The number of carbonyl (C=O) groups excluding carboxylic acids is 1. The average Bonchev–Trinajstić information content (AvgIpc) is 2.58. The van der Waals surface area contributed by atoms with Crippen LogP contribution in [0, 0.1) is 13.8 Å². The molecule has 1 amide bonds. The van der Waals surface area contributed by atoms with E-state index < -0.39 is 6.10 Å². The first-order chi connectivity index (χ1) is 12.1. The highest BCUT2D eigenvalue weighted by Crippen LogP contribution is 2.24. The van der Waals surface area contributed by atoms with Gasteiger partial charge >= 0.3 is 0 Å². The van der Waals surface area contributed by atoms with Gasteiger partial charge in [0.25, 0.3) is 5.91 Å². The lowest BCUT2D eigenvalue weighted by Crippen LogP contribution is -2.37. The lowest BCUT2D eigenvalue weighted by molar-refractivity contribution is -0.127. The summed E-state index contributed by atoms with van der Waals surface area (Å²) >= 11 is 0. The second kappa shape index (κ2) is 7.94. The molecule has 0 aliphatic rings. The van der Waals surface area contributed by atoms with Crippen molar-refractivity contribution in [1.82, 2.24) is 5.32 Å². The summed E-state index contributed by atoms with van der Waals surface area (Å²) in [6.45, 7) is 14.4. The van der Waals surface area contributed by atoms with E-state index in [4.69, 9.17) is 4.74 Å². The van der Waals surface area contributed by atoms with E-state index in [1.54, 1.807) is 6.92 Å². The van der Waals surface area contributed by atoms with E-state index in [0.29, 0.717) is 0 Å². The van der Waals surface area contributed by atoms with E-state index in [1.165, 1.54) is 5.56 Å². The Hall–Kier alpha value is -2.29. The van der Waals surface area contributed by atoms with Gasteiger partial charge in [0, 0.05) is 0 Å². The highest BCUT2D eigenvalue weighted by molar-refractivity contribution is 5.81. The number of amides is 1. The molecule has 3 nitrogen and oxygen atoms in total. The van der Waals surface area contributed by atoms with Gasteiger partial charge in [-0.25, -0.2) is 0 Å². The van der Waals surface area contributed by atoms with Crippen molar-refractivity contribution in [3.05, 3.63) is 64.7 Å². The van der Waals surface area contributed by atoms with E-state index in [2.05, 4.69) is 50.4 Å². The third-order valence-electron chi connectivity index (χ3n) is 4.86. The van der Waals surface area contributed by atoms with Gasteiger partial charge in [-0.2, -0.15) is 0 Å². The van der Waals surface area contributed by atoms with E-state index in [-0.39, 0.29) is 17.4 Å².